The Balaban J connectivity index is 1.42. The lowest BCUT2D eigenvalue weighted by Gasteiger charge is -2.10. The summed E-state index contributed by atoms with van der Waals surface area (Å²) in [6.45, 7) is 2.05. The number of hydrogen-bond donors (Lipinski definition) is 1. The lowest BCUT2D eigenvalue weighted by Crippen LogP contribution is -2.14. The molecule has 0 saturated heterocycles. The van der Waals surface area contributed by atoms with Gasteiger partial charge in [-0.1, -0.05) is 36.0 Å². The van der Waals surface area contributed by atoms with E-state index in [1.54, 1.807) is 6.20 Å². The Hall–Kier alpha value is -3.46. The number of anilines is 1. The van der Waals surface area contributed by atoms with E-state index in [1.165, 1.54) is 22.8 Å². The number of aryl methyl sites for hydroxylation is 1. The smallest absolute Gasteiger partial charge is 0.234 e. The molecular formula is C19H17N7OS. The second-order valence-corrected chi connectivity index (χ2v) is 6.95. The number of para-hydroxylation sites is 1. The molecule has 28 heavy (non-hydrogen) atoms. The van der Waals surface area contributed by atoms with Gasteiger partial charge in [0, 0.05) is 18.1 Å². The van der Waals surface area contributed by atoms with Gasteiger partial charge in [0.1, 0.15) is 6.33 Å². The second kappa shape index (κ2) is 8.05. The minimum Gasteiger partial charge on any atom is -0.325 e. The zero-order chi connectivity index (χ0) is 19.3. The number of benzene rings is 2. The number of nitrogens with zero attached hydrogens (tertiary/aromatic N) is 6. The van der Waals surface area contributed by atoms with Crippen LogP contribution in [0.1, 0.15) is 5.56 Å². The molecule has 1 amide bonds. The van der Waals surface area contributed by atoms with Gasteiger partial charge >= 0.3 is 0 Å². The summed E-state index contributed by atoms with van der Waals surface area (Å²) in [5, 5.41) is 14.8. The van der Waals surface area contributed by atoms with Crippen LogP contribution in [0, 0.1) is 6.92 Å². The van der Waals surface area contributed by atoms with E-state index < -0.39 is 0 Å². The summed E-state index contributed by atoms with van der Waals surface area (Å²) in [6, 6.07) is 15.4. The highest BCUT2D eigenvalue weighted by atomic mass is 32.2. The highest BCUT2D eigenvalue weighted by Crippen LogP contribution is 2.23. The second-order valence-electron chi connectivity index (χ2n) is 6.01. The number of nitrogens with one attached hydrogen (secondary N) is 1. The molecule has 0 unspecified atom stereocenters. The molecule has 0 spiro atoms. The molecule has 2 heterocycles. The molecule has 0 atom stereocenters. The van der Waals surface area contributed by atoms with Crippen molar-refractivity contribution in [1.29, 1.82) is 0 Å². The molecule has 0 fully saturated rings. The van der Waals surface area contributed by atoms with Crippen molar-refractivity contribution in [2.45, 2.75) is 12.1 Å². The largest absolute Gasteiger partial charge is 0.325 e. The van der Waals surface area contributed by atoms with Gasteiger partial charge in [0.05, 0.1) is 17.1 Å². The van der Waals surface area contributed by atoms with Gasteiger partial charge < -0.3 is 5.32 Å². The maximum atomic E-state index is 12.4. The summed E-state index contributed by atoms with van der Waals surface area (Å²) in [5.74, 6) is 0.135. The Labute approximate surface area is 165 Å². The quantitative estimate of drug-likeness (QED) is 0.508. The van der Waals surface area contributed by atoms with Crippen LogP contribution >= 0.6 is 11.8 Å². The lowest BCUT2D eigenvalue weighted by molar-refractivity contribution is -0.113. The Morgan fingerprint density at radius 2 is 2.07 bits per heavy atom. The number of rotatable bonds is 6. The molecule has 0 aliphatic carbocycles. The SMILES string of the molecule is Cc1ccccc1-n1ccnc1SCC(=O)Nc1cccc(-n2cnnn2)c1. The first-order chi connectivity index (χ1) is 13.7. The summed E-state index contributed by atoms with van der Waals surface area (Å²) in [4.78, 5) is 16.8. The van der Waals surface area contributed by atoms with E-state index >= 15 is 0 Å². The van der Waals surface area contributed by atoms with Crippen LogP contribution < -0.4 is 5.32 Å². The summed E-state index contributed by atoms with van der Waals surface area (Å²) < 4.78 is 3.52. The van der Waals surface area contributed by atoms with Gasteiger partial charge in [-0.05, 0) is 47.2 Å². The molecular weight excluding hydrogens is 374 g/mol. The van der Waals surface area contributed by atoms with Gasteiger partial charge in [-0.25, -0.2) is 9.67 Å². The van der Waals surface area contributed by atoms with Gasteiger partial charge in [0.25, 0.3) is 0 Å². The molecule has 140 valence electrons. The van der Waals surface area contributed by atoms with Crippen LogP contribution in [0.2, 0.25) is 0 Å². The van der Waals surface area contributed by atoms with Crippen LogP contribution in [0.15, 0.2) is 72.4 Å². The molecule has 8 nitrogen and oxygen atoms in total. The third kappa shape index (κ3) is 3.94. The lowest BCUT2D eigenvalue weighted by atomic mass is 10.2. The summed E-state index contributed by atoms with van der Waals surface area (Å²) in [7, 11) is 0. The van der Waals surface area contributed by atoms with E-state index in [-0.39, 0.29) is 11.7 Å². The number of carbonyl (C=O) groups is 1. The first kappa shape index (κ1) is 17.9. The molecule has 4 aromatic rings. The first-order valence-electron chi connectivity index (χ1n) is 8.56. The van der Waals surface area contributed by atoms with Crippen molar-refractivity contribution in [3.8, 4) is 11.4 Å². The predicted molar refractivity (Wildman–Crippen MR) is 107 cm³/mol. The average molecular weight is 391 g/mol. The van der Waals surface area contributed by atoms with Gasteiger partial charge in [-0.15, -0.1) is 5.10 Å². The third-order valence-electron chi connectivity index (χ3n) is 4.06. The molecule has 4 rings (SSSR count). The van der Waals surface area contributed by atoms with Gasteiger partial charge in [-0.2, -0.15) is 0 Å². The molecule has 0 bridgehead atoms. The van der Waals surface area contributed by atoms with E-state index in [9.17, 15) is 4.79 Å². The highest BCUT2D eigenvalue weighted by Gasteiger charge is 2.11. The van der Waals surface area contributed by atoms with E-state index in [1.807, 2.05) is 66.2 Å². The Bertz CT molecular complexity index is 1090. The van der Waals surface area contributed by atoms with Gasteiger partial charge in [0.15, 0.2) is 5.16 Å². The minimum absolute atomic E-state index is 0.113. The van der Waals surface area contributed by atoms with Crippen LogP contribution in [0.4, 0.5) is 5.69 Å². The van der Waals surface area contributed by atoms with E-state index in [0.717, 1.165) is 22.1 Å². The number of thioether (sulfide) groups is 1. The fraction of sp³-hybridized carbons (Fsp3) is 0.105. The van der Waals surface area contributed by atoms with Crippen molar-refractivity contribution in [2.75, 3.05) is 11.1 Å². The average Bonchev–Trinajstić information content (AvgIpc) is 3.39. The number of tetrazole rings is 1. The van der Waals surface area contributed by atoms with Gasteiger partial charge in [0.2, 0.25) is 5.91 Å². The highest BCUT2D eigenvalue weighted by molar-refractivity contribution is 7.99. The van der Waals surface area contributed by atoms with E-state index in [0.29, 0.717) is 5.69 Å². The maximum absolute atomic E-state index is 12.4. The molecule has 0 radical (unpaired) electrons. The molecule has 2 aromatic heterocycles. The minimum atomic E-state index is -0.113. The number of hydrogen-bond acceptors (Lipinski definition) is 6. The van der Waals surface area contributed by atoms with Crippen LogP contribution in [0.3, 0.4) is 0 Å². The number of aromatic nitrogens is 6. The number of amides is 1. The van der Waals surface area contributed by atoms with Crippen LogP contribution in [0.25, 0.3) is 11.4 Å². The molecule has 0 aliphatic rings. The third-order valence-corrected chi connectivity index (χ3v) is 5.02. The van der Waals surface area contributed by atoms with Crippen molar-refractivity contribution in [3.63, 3.8) is 0 Å². The number of carbonyl (C=O) groups excluding carboxylic acids is 1. The molecule has 2 aromatic carbocycles. The Morgan fingerprint density at radius 1 is 1.18 bits per heavy atom. The molecule has 0 aliphatic heterocycles. The summed E-state index contributed by atoms with van der Waals surface area (Å²) in [5.41, 5.74) is 3.65. The van der Waals surface area contributed by atoms with Gasteiger partial charge in [-0.3, -0.25) is 9.36 Å². The fourth-order valence-corrected chi connectivity index (χ4v) is 3.51. The first-order valence-corrected chi connectivity index (χ1v) is 9.55. The monoisotopic (exact) mass is 391 g/mol. The van der Waals surface area contributed by atoms with Crippen LogP contribution in [0.5, 0.6) is 0 Å². The van der Waals surface area contributed by atoms with Crippen molar-refractivity contribution >= 4 is 23.4 Å². The zero-order valence-corrected chi connectivity index (χ0v) is 15.9. The maximum Gasteiger partial charge on any atom is 0.234 e. The Kier molecular flexibility index (Phi) is 5.16. The Morgan fingerprint density at radius 3 is 2.89 bits per heavy atom. The van der Waals surface area contributed by atoms with E-state index in [2.05, 4.69) is 25.8 Å². The van der Waals surface area contributed by atoms with Crippen LogP contribution in [-0.4, -0.2) is 41.4 Å². The van der Waals surface area contributed by atoms with Crippen molar-refractivity contribution in [3.05, 3.63) is 72.8 Å². The standard InChI is InChI=1S/C19H17N7OS/c1-14-5-2-3-8-17(14)25-10-9-20-19(25)28-12-18(27)22-15-6-4-7-16(11-15)26-13-21-23-24-26/h2-11,13H,12H2,1H3,(H,22,27). The summed E-state index contributed by atoms with van der Waals surface area (Å²) in [6.07, 6.45) is 5.14. The molecule has 1 N–H and O–H groups in total. The molecule has 9 heteroatoms. The van der Waals surface area contributed by atoms with Crippen LogP contribution in [-0.2, 0) is 4.79 Å². The summed E-state index contributed by atoms with van der Waals surface area (Å²) >= 11 is 1.39. The normalized spacial score (nSPS) is 10.8. The van der Waals surface area contributed by atoms with Crippen molar-refractivity contribution in [2.24, 2.45) is 0 Å². The van der Waals surface area contributed by atoms with Crippen molar-refractivity contribution < 1.29 is 4.79 Å². The predicted octanol–water partition coefficient (Wildman–Crippen LogP) is 2.89. The van der Waals surface area contributed by atoms with E-state index in [4.69, 9.17) is 0 Å². The topological polar surface area (TPSA) is 90.5 Å². The zero-order valence-electron chi connectivity index (χ0n) is 15.1. The molecule has 0 saturated carbocycles. The van der Waals surface area contributed by atoms with Crippen molar-refractivity contribution in [1.82, 2.24) is 29.8 Å². The number of imidazole rings is 1. The fourth-order valence-electron chi connectivity index (χ4n) is 2.75.